The van der Waals surface area contributed by atoms with Gasteiger partial charge in [-0.05, 0) is 72.6 Å². The molecule has 0 saturated carbocycles. The van der Waals surface area contributed by atoms with E-state index in [1.54, 1.807) is 0 Å². The van der Waals surface area contributed by atoms with Gasteiger partial charge in [0.15, 0.2) is 15.5 Å². The van der Waals surface area contributed by atoms with E-state index in [4.69, 9.17) is 11.6 Å². The van der Waals surface area contributed by atoms with Gasteiger partial charge in [-0.1, -0.05) is 22.9 Å². The highest BCUT2D eigenvalue weighted by Crippen LogP contribution is 2.36. The van der Waals surface area contributed by atoms with E-state index >= 15 is 0 Å². The van der Waals surface area contributed by atoms with Crippen molar-refractivity contribution in [1.29, 1.82) is 0 Å². The summed E-state index contributed by atoms with van der Waals surface area (Å²) in [6.45, 7) is 0.758. The molecule has 45 heavy (non-hydrogen) atoms. The highest BCUT2D eigenvalue weighted by molar-refractivity contribution is 7.90. The first-order valence-electron chi connectivity index (χ1n) is 12.7. The number of ether oxygens (including phenoxy) is 1. The number of hydrogen-bond acceptors (Lipinski definition) is 7. The Morgan fingerprint density at radius 3 is 2.13 bits per heavy atom. The number of aryl methyl sites for hydroxylation is 1. The van der Waals surface area contributed by atoms with Crippen LogP contribution in [0.4, 0.5) is 26.3 Å². The highest BCUT2D eigenvalue weighted by atomic mass is 35.5. The summed E-state index contributed by atoms with van der Waals surface area (Å²) in [6.07, 6.45) is -7.42. The quantitative estimate of drug-likeness (QED) is 0.195. The number of nitrogens with zero attached hydrogens (tertiary/aromatic N) is 5. The van der Waals surface area contributed by atoms with Gasteiger partial charge in [0.05, 0.1) is 34.8 Å². The minimum Gasteiger partial charge on any atom is -0.406 e. The Morgan fingerprint density at radius 1 is 0.889 bits per heavy atom. The average molecular weight is 672 g/mol. The Morgan fingerprint density at radius 2 is 1.56 bits per heavy atom. The minimum absolute atomic E-state index is 0.0110. The second-order valence-corrected chi connectivity index (χ2v) is 12.1. The van der Waals surface area contributed by atoms with Crippen molar-refractivity contribution in [3.8, 4) is 39.5 Å². The van der Waals surface area contributed by atoms with E-state index in [0.717, 1.165) is 29.1 Å². The second-order valence-electron chi connectivity index (χ2n) is 9.75. The van der Waals surface area contributed by atoms with Crippen LogP contribution in [-0.4, -0.2) is 50.9 Å². The van der Waals surface area contributed by atoms with E-state index in [2.05, 4.69) is 20.1 Å². The maximum Gasteiger partial charge on any atom is 0.573 e. The molecule has 0 aliphatic carbocycles. The molecule has 0 bridgehead atoms. The Balaban J connectivity index is 1.72. The number of aliphatic hydroxyl groups excluding tert-OH is 1. The van der Waals surface area contributed by atoms with Crippen LogP contribution >= 0.6 is 11.6 Å². The number of aliphatic hydroxyl groups is 1. The number of benzene rings is 3. The fraction of sp³-hybridized carbons (Fsp3) is 0.179. The molecule has 5 rings (SSSR count). The van der Waals surface area contributed by atoms with Gasteiger partial charge in [-0.25, -0.2) is 17.8 Å². The lowest BCUT2D eigenvalue weighted by Crippen LogP contribution is -2.17. The van der Waals surface area contributed by atoms with E-state index in [1.165, 1.54) is 60.3 Å². The number of alkyl halides is 6. The number of rotatable bonds is 7. The van der Waals surface area contributed by atoms with Crippen LogP contribution < -0.4 is 4.74 Å². The van der Waals surface area contributed by atoms with E-state index in [9.17, 15) is 39.9 Å². The maximum atomic E-state index is 13.5. The number of halogens is 7. The monoisotopic (exact) mass is 671 g/mol. The van der Waals surface area contributed by atoms with Gasteiger partial charge in [-0.3, -0.25) is 0 Å². The zero-order chi connectivity index (χ0) is 32.9. The number of aromatic nitrogens is 5. The molecule has 0 fully saturated rings. The minimum atomic E-state index is -4.91. The predicted octanol–water partition coefficient (Wildman–Crippen LogP) is 6.56. The first-order valence-corrected chi connectivity index (χ1v) is 14.9. The lowest BCUT2D eigenvalue weighted by atomic mass is 10.0. The third-order valence-electron chi connectivity index (χ3n) is 6.59. The molecule has 9 nitrogen and oxygen atoms in total. The lowest BCUT2D eigenvalue weighted by Gasteiger charge is -2.17. The summed E-state index contributed by atoms with van der Waals surface area (Å²) in [5.74, 6) is -0.482. The van der Waals surface area contributed by atoms with Crippen molar-refractivity contribution in [2.24, 2.45) is 0 Å². The largest absolute Gasteiger partial charge is 0.573 e. The van der Waals surface area contributed by atoms with Crippen LogP contribution in [0.3, 0.4) is 0 Å². The first-order chi connectivity index (χ1) is 21.0. The number of hydrogen-bond donors (Lipinski definition) is 1. The van der Waals surface area contributed by atoms with Crippen LogP contribution in [0.1, 0.15) is 17.0 Å². The van der Waals surface area contributed by atoms with Crippen molar-refractivity contribution in [2.45, 2.75) is 31.0 Å². The van der Waals surface area contributed by atoms with Gasteiger partial charge in [-0.15, -0.1) is 18.3 Å². The second kappa shape index (κ2) is 11.5. The van der Waals surface area contributed by atoms with E-state index in [0.29, 0.717) is 11.1 Å². The van der Waals surface area contributed by atoms with Gasteiger partial charge in [0.2, 0.25) is 0 Å². The molecule has 17 heteroatoms. The zero-order valence-electron chi connectivity index (χ0n) is 23.0. The van der Waals surface area contributed by atoms with Crippen LogP contribution in [0.25, 0.3) is 33.8 Å². The molecule has 0 spiro atoms. The Kier molecular flexibility index (Phi) is 8.18. The van der Waals surface area contributed by atoms with E-state index in [1.807, 2.05) is 0 Å². The van der Waals surface area contributed by atoms with Gasteiger partial charge in [0.25, 0.3) is 0 Å². The van der Waals surface area contributed by atoms with Gasteiger partial charge < -0.3 is 9.84 Å². The first kappa shape index (κ1) is 32.0. The molecule has 236 valence electrons. The SMILES string of the molecule is Cc1cc(C(F)(F)F)nn1-c1ccc(-c2cc(Cl)c(CO)c(S(C)(=O)=O)c2)cc1-n1nncc1-c1ccc(OC(F)(F)F)cc1. The Bertz CT molecular complexity index is 2010. The van der Waals surface area contributed by atoms with Crippen LogP contribution in [0.15, 0.2) is 71.8 Å². The normalized spacial score (nSPS) is 12.5. The maximum absolute atomic E-state index is 13.5. The molecule has 0 radical (unpaired) electrons. The molecule has 1 N–H and O–H groups in total. The molecule has 0 atom stereocenters. The summed E-state index contributed by atoms with van der Waals surface area (Å²) in [4.78, 5) is -0.224. The smallest absolute Gasteiger partial charge is 0.406 e. The molecule has 0 unspecified atom stereocenters. The van der Waals surface area contributed by atoms with Crippen molar-refractivity contribution in [2.75, 3.05) is 6.26 Å². The molecule has 2 heterocycles. The summed E-state index contributed by atoms with van der Waals surface area (Å²) in [5, 5.41) is 21.4. The van der Waals surface area contributed by atoms with Crippen LogP contribution in [-0.2, 0) is 22.6 Å². The van der Waals surface area contributed by atoms with E-state index in [-0.39, 0.29) is 43.8 Å². The average Bonchev–Trinajstić information content (AvgIpc) is 3.58. The standard InChI is InChI=1S/C28H20ClF6N5O4S/c1-15-9-26(27(30,31)32)37-39(15)22-8-5-17(18-10-21(29)20(14-41)25(12-18)45(2,42)43)11-23(22)40-24(13-36-38-40)16-3-6-19(7-4-16)44-28(33,34)35/h3-13,41H,14H2,1-2H3. The van der Waals surface area contributed by atoms with Gasteiger partial charge in [0.1, 0.15) is 5.75 Å². The van der Waals surface area contributed by atoms with Crippen molar-refractivity contribution >= 4 is 21.4 Å². The van der Waals surface area contributed by atoms with Gasteiger partial charge in [0, 0.05) is 28.1 Å². The molecule has 5 aromatic rings. The summed E-state index contributed by atoms with van der Waals surface area (Å²) < 4.78 is 110. The van der Waals surface area contributed by atoms with Gasteiger partial charge in [-0.2, -0.15) is 18.3 Å². The molecule has 2 aromatic heterocycles. The topological polar surface area (TPSA) is 112 Å². The molecule has 0 aliphatic heterocycles. The van der Waals surface area contributed by atoms with Gasteiger partial charge >= 0.3 is 12.5 Å². The zero-order valence-corrected chi connectivity index (χ0v) is 24.6. The molecule has 0 saturated heterocycles. The van der Waals surface area contributed by atoms with Crippen molar-refractivity contribution in [1.82, 2.24) is 24.8 Å². The fourth-order valence-electron chi connectivity index (χ4n) is 4.61. The van der Waals surface area contributed by atoms with Crippen molar-refractivity contribution in [3.63, 3.8) is 0 Å². The summed E-state index contributed by atoms with van der Waals surface area (Å²) in [5.41, 5.74) is 0.376. The predicted molar refractivity (Wildman–Crippen MR) is 150 cm³/mol. The van der Waals surface area contributed by atoms with Crippen LogP contribution in [0, 0.1) is 6.92 Å². The van der Waals surface area contributed by atoms with Crippen molar-refractivity contribution in [3.05, 3.63) is 88.8 Å². The summed E-state index contributed by atoms with van der Waals surface area (Å²) >= 11 is 6.33. The van der Waals surface area contributed by atoms with Crippen LogP contribution in [0.2, 0.25) is 5.02 Å². The summed E-state index contributed by atoms with van der Waals surface area (Å²) in [6, 6.07) is 12.8. The molecule has 0 amide bonds. The van der Waals surface area contributed by atoms with E-state index < -0.39 is 40.4 Å². The molecular formula is C28H20ClF6N5O4S. The highest BCUT2D eigenvalue weighted by Gasteiger charge is 2.35. The lowest BCUT2D eigenvalue weighted by molar-refractivity contribution is -0.274. The molecule has 0 aliphatic rings. The fourth-order valence-corrected chi connectivity index (χ4v) is 5.91. The number of sulfone groups is 1. The Hall–Kier alpha value is -4.41. The van der Waals surface area contributed by atoms with Crippen molar-refractivity contribution < 1.29 is 44.6 Å². The summed E-state index contributed by atoms with van der Waals surface area (Å²) in [7, 11) is -3.85. The molecular weight excluding hydrogens is 652 g/mol. The Labute approximate surface area is 256 Å². The third-order valence-corrected chi connectivity index (χ3v) is 8.09. The third kappa shape index (κ3) is 6.67. The molecule has 3 aromatic carbocycles. The van der Waals surface area contributed by atoms with Crippen LogP contribution in [0.5, 0.6) is 5.75 Å².